The number of carbonyl (C=O) groups is 3. The van der Waals surface area contributed by atoms with Gasteiger partial charge in [-0.25, -0.2) is 9.59 Å². The highest BCUT2D eigenvalue weighted by atomic mass is 16.6. The van der Waals surface area contributed by atoms with Crippen LogP contribution in [0.4, 0.5) is 21.9 Å². The number of nitro benzene ring substituents is 3. The molecule has 0 saturated carbocycles. The first-order valence-corrected chi connectivity index (χ1v) is 20.7. The molecule has 384 valence electrons. The molecule has 6 unspecified atom stereocenters. The first-order chi connectivity index (χ1) is 31.2. The summed E-state index contributed by atoms with van der Waals surface area (Å²) in [5.74, 6) is -0.634. The third-order valence-corrected chi connectivity index (χ3v) is 9.23. The van der Waals surface area contributed by atoms with Crippen molar-refractivity contribution >= 4 is 35.1 Å². The van der Waals surface area contributed by atoms with Crippen LogP contribution in [-0.4, -0.2) is 147 Å². The van der Waals surface area contributed by atoms with Crippen molar-refractivity contribution < 1.29 is 64.1 Å². The van der Waals surface area contributed by atoms with Crippen LogP contribution in [0.2, 0.25) is 0 Å². The smallest absolute Gasteiger partial charge is 0.468 e. The molecule has 1 amide bonds. The number of hydrogen-bond acceptors (Lipinski definition) is 18. The maximum absolute atomic E-state index is 11.5. The zero-order valence-electron chi connectivity index (χ0n) is 38.6. The van der Waals surface area contributed by atoms with E-state index in [0.29, 0.717) is 32.3 Å². The first-order valence-electron chi connectivity index (χ1n) is 20.7. The maximum Gasteiger partial charge on any atom is 1.00 e. The maximum atomic E-state index is 11.5. The Balaban J connectivity index is -0.000000368. The summed E-state index contributed by atoms with van der Waals surface area (Å²) in [5.41, 5.74) is 0.410. The summed E-state index contributed by atoms with van der Waals surface area (Å²) < 4.78 is 30.0. The summed E-state index contributed by atoms with van der Waals surface area (Å²) in [6.45, 7) is 10.0. The molecule has 3 aliphatic rings. The van der Waals surface area contributed by atoms with E-state index in [-0.39, 0.29) is 77.6 Å². The van der Waals surface area contributed by atoms with Crippen LogP contribution < -0.4 is 10.6 Å². The van der Waals surface area contributed by atoms with Crippen molar-refractivity contribution in [2.45, 2.75) is 98.8 Å². The van der Waals surface area contributed by atoms with E-state index in [9.17, 15) is 44.7 Å². The van der Waals surface area contributed by atoms with Crippen molar-refractivity contribution in [3.63, 3.8) is 0 Å². The standard InChI is InChI=1S/C10H17NO5.C8H15NO3.C7H15NO2.3C6H5NO2.3CH4/c1-4-16-7-5-8(9(12)14-2)11(6-7)10(13)15-3;1-3-12-6-4-7(9-5-6)8(10)11-2;1-2-10-7-3-6(5-9)8-4-7;3*8-7(9)6-4-2-1-3-5-6;;;/h7-8H,4-6H2,1-3H3;6-7,9H,3-5H2,1-2H3;6-9H,2-5H2,1H3;3*1-5H;3*1H4/p+1. The van der Waals surface area contributed by atoms with Crippen LogP contribution in [0.15, 0.2) is 91.0 Å². The number of aliphatic hydroxyl groups is 1. The molecular formula is C46H75N6O16+. The lowest BCUT2D eigenvalue weighted by Gasteiger charge is -2.20. The van der Waals surface area contributed by atoms with Crippen molar-refractivity contribution in [2.24, 2.45) is 0 Å². The van der Waals surface area contributed by atoms with Crippen molar-refractivity contribution in [1.29, 1.82) is 0 Å². The van der Waals surface area contributed by atoms with Crippen LogP contribution in [0.3, 0.4) is 0 Å². The number of methoxy groups -OCH3 is 3. The minimum Gasteiger partial charge on any atom is -0.468 e. The van der Waals surface area contributed by atoms with Gasteiger partial charge < -0.3 is 44.2 Å². The Hall–Kier alpha value is -6.17. The molecule has 22 heteroatoms. The number of esters is 2. The summed E-state index contributed by atoms with van der Waals surface area (Å²) >= 11 is 0. The highest BCUT2D eigenvalue weighted by Gasteiger charge is 2.41. The molecule has 3 aromatic rings. The molecule has 6 rings (SSSR count). The summed E-state index contributed by atoms with van der Waals surface area (Å²) in [6.07, 6.45) is 1.95. The SMILES string of the molecule is C.C.C.CCOC1CC(C(=O)OC)N(C(=O)OC)C1.CCOC1CNC(C(=O)OC)C1.CCOC1CNC(CO)C1.O=[N+]([O-])c1ccccc1.O=[N+]([O-])c1ccccc1.O=[N+]([O-])c1ccccc1.[H+]. The van der Waals surface area contributed by atoms with E-state index in [1.165, 1.54) is 62.6 Å². The third kappa shape index (κ3) is 26.2. The van der Waals surface area contributed by atoms with Gasteiger partial charge in [0.05, 0.1) is 67.6 Å². The number of amides is 1. The molecule has 68 heavy (non-hydrogen) atoms. The second-order valence-corrected chi connectivity index (χ2v) is 13.7. The molecule has 0 spiro atoms. The molecule has 3 fully saturated rings. The van der Waals surface area contributed by atoms with Crippen molar-refractivity contribution in [2.75, 3.05) is 67.4 Å². The van der Waals surface area contributed by atoms with E-state index in [1.807, 2.05) is 20.8 Å². The lowest BCUT2D eigenvalue weighted by atomic mass is 10.2. The van der Waals surface area contributed by atoms with E-state index in [1.54, 1.807) is 54.6 Å². The summed E-state index contributed by atoms with van der Waals surface area (Å²) in [6, 6.07) is 23.3. The number of nitrogens with zero attached hydrogens (tertiary/aromatic N) is 4. The van der Waals surface area contributed by atoms with Gasteiger partial charge in [0.25, 0.3) is 17.1 Å². The Morgan fingerprint density at radius 2 is 0.985 bits per heavy atom. The second kappa shape index (κ2) is 38.9. The van der Waals surface area contributed by atoms with Gasteiger partial charge in [-0.3, -0.25) is 40.0 Å². The number of nitro groups is 3. The monoisotopic (exact) mass is 968 g/mol. The van der Waals surface area contributed by atoms with E-state index in [0.717, 1.165) is 32.5 Å². The molecule has 3 heterocycles. The first kappa shape index (κ1) is 66.1. The molecule has 3 saturated heterocycles. The number of likely N-dealkylation sites (tertiary alicyclic amines) is 1. The number of hydrogen-bond donors (Lipinski definition) is 3. The van der Waals surface area contributed by atoms with E-state index >= 15 is 0 Å². The predicted octanol–water partition coefficient (Wildman–Crippen LogP) is 6.88. The van der Waals surface area contributed by atoms with E-state index in [2.05, 4.69) is 24.8 Å². The fraction of sp³-hybridized carbons (Fsp3) is 0.543. The van der Waals surface area contributed by atoms with Gasteiger partial charge in [0.15, 0.2) is 0 Å². The highest BCUT2D eigenvalue weighted by Crippen LogP contribution is 2.22. The van der Waals surface area contributed by atoms with E-state index in [4.69, 9.17) is 19.3 Å². The van der Waals surface area contributed by atoms with Crippen LogP contribution in [0.25, 0.3) is 0 Å². The summed E-state index contributed by atoms with van der Waals surface area (Å²) in [5, 5.41) is 45.0. The molecule has 3 aromatic carbocycles. The normalized spacial score (nSPS) is 19.2. The predicted molar refractivity (Wildman–Crippen MR) is 258 cm³/mol. The minimum atomic E-state index is -0.603. The Labute approximate surface area is 401 Å². The summed E-state index contributed by atoms with van der Waals surface area (Å²) in [4.78, 5) is 64.0. The number of non-ortho nitro benzene ring substituents is 3. The highest BCUT2D eigenvalue weighted by molar-refractivity contribution is 5.82. The molecule has 0 aromatic heterocycles. The van der Waals surface area contributed by atoms with Gasteiger partial charge in [0, 0.05) is 88.2 Å². The fourth-order valence-electron chi connectivity index (χ4n) is 6.15. The average molecular weight is 968 g/mol. The van der Waals surface area contributed by atoms with Gasteiger partial charge in [-0.2, -0.15) is 0 Å². The molecule has 22 nitrogen and oxygen atoms in total. The number of rotatable bonds is 12. The number of para-hydroxylation sites is 3. The van der Waals surface area contributed by atoms with Gasteiger partial charge in [-0.05, 0) is 27.2 Å². The van der Waals surface area contributed by atoms with Gasteiger partial charge in [0.1, 0.15) is 12.1 Å². The number of nitrogens with one attached hydrogen (secondary N) is 2. The number of aliphatic hydroxyl groups excluding tert-OH is 1. The Bertz CT molecular complexity index is 1680. The molecule has 3 aliphatic heterocycles. The van der Waals surface area contributed by atoms with Crippen LogP contribution in [-0.2, 0) is 38.0 Å². The largest absolute Gasteiger partial charge is 1.00 e. The molecule has 0 aliphatic carbocycles. The Morgan fingerprint density at radius 3 is 1.31 bits per heavy atom. The zero-order valence-corrected chi connectivity index (χ0v) is 37.6. The van der Waals surface area contributed by atoms with Crippen LogP contribution in [0.5, 0.6) is 0 Å². The lowest BCUT2D eigenvalue weighted by molar-refractivity contribution is -0.385. The molecule has 0 radical (unpaired) electrons. The van der Waals surface area contributed by atoms with Crippen molar-refractivity contribution in [1.82, 2.24) is 15.5 Å². The van der Waals surface area contributed by atoms with Crippen LogP contribution in [0, 0.1) is 30.3 Å². The molecule has 0 bridgehead atoms. The van der Waals surface area contributed by atoms with Crippen molar-refractivity contribution in [3.8, 4) is 0 Å². The topological polar surface area (TPSA) is 284 Å². The van der Waals surface area contributed by atoms with Gasteiger partial charge >= 0.3 is 19.5 Å². The van der Waals surface area contributed by atoms with Crippen molar-refractivity contribution in [3.05, 3.63) is 121 Å². The number of carbonyl (C=O) groups excluding carboxylic acids is 3. The zero-order chi connectivity index (χ0) is 48.6. The minimum absolute atomic E-state index is 0. The molecule has 6 atom stereocenters. The Kier molecular flexibility index (Phi) is 37.8. The molecular weight excluding hydrogens is 893 g/mol. The fourth-order valence-corrected chi connectivity index (χ4v) is 6.15. The third-order valence-electron chi connectivity index (χ3n) is 9.23. The average Bonchev–Trinajstić information content (AvgIpc) is 4.11. The lowest BCUT2D eigenvalue weighted by Crippen LogP contribution is -2.41. The van der Waals surface area contributed by atoms with Crippen LogP contribution >= 0.6 is 0 Å². The summed E-state index contributed by atoms with van der Waals surface area (Å²) in [7, 11) is 3.98. The number of ether oxygens (including phenoxy) is 6. The van der Waals surface area contributed by atoms with Gasteiger partial charge in [-0.1, -0.05) is 76.9 Å². The molecule has 3 N–H and O–H groups in total. The second-order valence-electron chi connectivity index (χ2n) is 13.7. The van der Waals surface area contributed by atoms with Gasteiger partial charge in [-0.15, -0.1) is 0 Å². The van der Waals surface area contributed by atoms with Gasteiger partial charge in [0.2, 0.25) is 0 Å². The Morgan fingerprint density at radius 1 is 0.603 bits per heavy atom. The number of benzene rings is 3. The van der Waals surface area contributed by atoms with E-state index < -0.39 is 32.9 Å². The van der Waals surface area contributed by atoms with Crippen LogP contribution in [0.1, 0.15) is 63.7 Å². The quantitative estimate of drug-likeness (QED) is 0.0721.